The van der Waals surface area contributed by atoms with Crippen LogP contribution in [0, 0.1) is 5.92 Å². The van der Waals surface area contributed by atoms with Gasteiger partial charge >= 0.3 is 6.18 Å². The number of aliphatic hydroxyl groups excluding tert-OH is 1. The van der Waals surface area contributed by atoms with Crippen molar-refractivity contribution in [3.63, 3.8) is 0 Å². The Labute approximate surface area is 185 Å². The van der Waals surface area contributed by atoms with Crippen LogP contribution in [-0.4, -0.2) is 78.6 Å². The Morgan fingerprint density at radius 3 is 2.62 bits per heavy atom. The molecular formula is C22H31F3N4O3. The molecule has 2 fully saturated rings. The van der Waals surface area contributed by atoms with Crippen LogP contribution < -0.4 is 15.0 Å². The summed E-state index contributed by atoms with van der Waals surface area (Å²) in [5.41, 5.74) is 1.23. The molecule has 4 rings (SSSR count). The molecule has 32 heavy (non-hydrogen) atoms. The third-order valence-corrected chi connectivity index (χ3v) is 6.86. The van der Waals surface area contributed by atoms with Gasteiger partial charge < -0.3 is 20.1 Å². The third kappa shape index (κ3) is 5.46. The molecule has 1 unspecified atom stereocenters. The van der Waals surface area contributed by atoms with E-state index in [1.54, 1.807) is 0 Å². The zero-order valence-corrected chi connectivity index (χ0v) is 18.1. The van der Waals surface area contributed by atoms with E-state index in [-0.39, 0.29) is 6.04 Å². The van der Waals surface area contributed by atoms with Crippen molar-refractivity contribution in [2.45, 2.75) is 56.8 Å². The first-order valence-electron chi connectivity index (χ1n) is 11.4. The third-order valence-electron chi connectivity index (χ3n) is 6.86. The number of rotatable bonds is 6. The maximum absolute atomic E-state index is 12.4. The van der Waals surface area contributed by atoms with E-state index in [4.69, 9.17) is 9.84 Å². The number of amides is 1. The molecule has 0 radical (unpaired) electrons. The number of halogens is 3. The summed E-state index contributed by atoms with van der Waals surface area (Å²) in [7, 11) is 0. The highest BCUT2D eigenvalue weighted by atomic mass is 19.4. The Kier molecular flexibility index (Phi) is 7.09. The molecule has 1 amide bonds. The van der Waals surface area contributed by atoms with Crippen molar-refractivity contribution < 1.29 is 27.8 Å². The molecule has 1 saturated heterocycles. The van der Waals surface area contributed by atoms with E-state index in [0.717, 1.165) is 76.6 Å². The molecule has 3 heterocycles. The number of carbonyl (C=O) groups excluding carboxylic acids is 1. The molecule has 0 spiro atoms. The van der Waals surface area contributed by atoms with Crippen LogP contribution in [0.3, 0.4) is 0 Å². The monoisotopic (exact) mass is 456 g/mol. The second-order valence-electron chi connectivity index (χ2n) is 9.01. The Morgan fingerprint density at radius 2 is 1.94 bits per heavy atom. The second-order valence-corrected chi connectivity index (χ2v) is 9.01. The fourth-order valence-corrected chi connectivity index (χ4v) is 4.89. The number of ether oxygens (including phenoxy) is 1. The van der Waals surface area contributed by atoms with Gasteiger partial charge in [0, 0.05) is 50.4 Å². The highest BCUT2D eigenvalue weighted by Gasteiger charge is 2.44. The van der Waals surface area contributed by atoms with E-state index in [9.17, 15) is 18.0 Å². The maximum atomic E-state index is 12.4. The first-order chi connectivity index (χ1) is 15.3. The fourth-order valence-electron chi connectivity index (χ4n) is 4.89. The Morgan fingerprint density at radius 1 is 1.22 bits per heavy atom. The molecule has 7 nitrogen and oxygen atoms in total. The van der Waals surface area contributed by atoms with Gasteiger partial charge in [0.1, 0.15) is 0 Å². The van der Waals surface area contributed by atoms with Gasteiger partial charge in [0.25, 0.3) is 5.91 Å². The highest BCUT2D eigenvalue weighted by molar-refractivity contribution is 5.81. The maximum Gasteiger partial charge on any atom is 0.423 e. The quantitative estimate of drug-likeness (QED) is 0.683. The SMILES string of the molecule is O=C(N[C@H]1CC[C@H](CCN2CCN(c3nccc4c3OCC4)CC2)CC1)C(O)C(F)(F)F. The number of aromatic nitrogens is 1. The average Bonchev–Trinajstić information content (AvgIpc) is 3.27. The van der Waals surface area contributed by atoms with Crippen molar-refractivity contribution in [2.75, 3.05) is 44.2 Å². The molecule has 0 bridgehead atoms. The number of hydrogen-bond donors (Lipinski definition) is 2. The van der Waals surface area contributed by atoms with Gasteiger partial charge in [-0.05, 0) is 50.6 Å². The van der Waals surface area contributed by atoms with Crippen molar-refractivity contribution in [3.8, 4) is 5.75 Å². The number of nitrogens with one attached hydrogen (secondary N) is 1. The predicted molar refractivity (Wildman–Crippen MR) is 113 cm³/mol. The summed E-state index contributed by atoms with van der Waals surface area (Å²) in [6, 6.07) is 1.74. The number of carbonyl (C=O) groups is 1. The Bertz CT molecular complexity index is 791. The lowest BCUT2D eigenvalue weighted by Crippen LogP contribution is -2.49. The minimum Gasteiger partial charge on any atom is -0.489 e. The number of hydrogen-bond acceptors (Lipinski definition) is 6. The van der Waals surface area contributed by atoms with E-state index in [0.29, 0.717) is 18.8 Å². The Hall–Kier alpha value is -2.07. The van der Waals surface area contributed by atoms with Crippen LogP contribution in [0.1, 0.15) is 37.7 Å². The van der Waals surface area contributed by atoms with Gasteiger partial charge in [-0.15, -0.1) is 0 Å². The number of piperazine rings is 1. The molecule has 1 aliphatic carbocycles. The van der Waals surface area contributed by atoms with E-state index < -0.39 is 18.2 Å². The molecule has 1 saturated carbocycles. The molecule has 1 atom stereocenters. The van der Waals surface area contributed by atoms with Gasteiger partial charge in [-0.2, -0.15) is 13.2 Å². The number of anilines is 1. The molecule has 10 heteroatoms. The van der Waals surface area contributed by atoms with E-state index in [1.807, 2.05) is 12.3 Å². The van der Waals surface area contributed by atoms with Crippen molar-refractivity contribution >= 4 is 11.7 Å². The van der Waals surface area contributed by atoms with Gasteiger partial charge in [-0.3, -0.25) is 9.69 Å². The molecule has 3 aliphatic rings. The number of aliphatic hydroxyl groups is 1. The van der Waals surface area contributed by atoms with Crippen molar-refractivity contribution in [3.05, 3.63) is 17.8 Å². The van der Waals surface area contributed by atoms with Crippen LogP contribution in [0.5, 0.6) is 5.75 Å². The average molecular weight is 457 g/mol. The van der Waals surface area contributed by atoms with Crippen LogP contribution in [0.4, 0.5) is 19.0 Å². The molecule has 1 aromatic rings. The standard InChI is InChI=1S/C22H31F3N4O3/c23-22(24,25)19(30)21(31)27-17-3-1-15(2-4-17)6-9-28-10-12-29(13-11-28)20-18-16(5-8-26-20)7-14-32-18/h5,8,15,17,19,30H,1-4,6-7,9-14H2,(H,27,31)/t15-,17-,19?. The largest absolute Gasteiger partial charge is 0.489 e. The summed E-state index contributed by atoms with van der Waals surface area (Å²) < 4.78 is 43.1. The lowest BCUT2D eigenvalue weighted by Gasteiger charge is -2.37. The number of alkyl halides is 3. The van der Waals surface area contributed by atoms with Crippen molar-refractivity contribution in [2.24, 2.45) is 5.92 Å². The molecule has 178 valence electrons. The lowest BCUT2D eigenvalue weighted by atomic mass is 9.84. The lowest BCUT2D eigenvalue weighted by molar-refractivity contribution is -0.205. The van der Waals surface area contributed by atoms with Crippen LogP contribution >= 0.6 is 0 Å². The summed E-state index contributed by atoms with van der Waals surface area (Å²) >= 11 is 0. The van der Waals surface area contributed by atoms with Crippen LogP contribution in [0.25, 0.3) is 0 Å². The van der Waals surface area contributed by atoms with Gasteiger partial charge in [-0.25, -0.2) is 4.98 Å². The van der Waals surface area contributed by atoms with E-state index in [2.05, 4.69) is 20.1 Å². The first-order valence-corrected chi connectivity index (χ1v) is 11.4. The molecule has 1 aromatic heterocycles. The fraction of sp³-hybridized carbons (Fsp3) is 0.727. The Balaban J connectivity index is 1.15. The van der Waals surface area contributed by atoms with E-state index in [1.165, 1.54) is 5.56 Å². The molecule has 2 N–H and O–H groups in total. The van der Waals surface area contributed by atoms with Crippen molar-refractivity contribution in [1.82, 2.24) is 15.2 Å². The second kappa shape index (κ2) is 9.82. The summed E-state index contributed by atoms with van der Waals surface area (Å²) in [4.78, 5) is 20.9. The minimum absolute atomic E-state index is 0.290. The smallest absolute Gasteiger partial charge is 0.423 e. The van der Waals surface area contributed by atoms with Gasteiger partial charge in [0.15, 0.2) is 11.6 Å². The van der Waals surface area contributed by atoms with Crippen LogP contribution in [-0.2, 0) is 11.2 Å². The molecular weight excluding hydrogens is 425 g/mol. The van der Waals surface area contributed by atoms with Crippen LogP contribution in [0.15, 0.2) is 12.3 Å². The van der Waals surface area contributed by atoms with Gasteiger partial charge in [0.2, 0.25) is 6.10 Å². The van der Waals surface area contributed by atoms with Crippen LogP contribution in [0.2, 0.25) is 0 Å². The molecule has 0 aromatic carbocycles. The van der Waals surface area contributed by atoms with Crippen molar-refractivity contribution in [1.29, 1.82) is 0 Å². The number of fused-ring (bicyclic) bond motifs is 1. The summed E-state index contributed by atoms with van der Waals surface area (Å²) in [6.45, 7) is 5.47. The predicted octanol–water partition coefficient (Wildman–Crippen LogP) is 2.13. The summed E-state index contributed by atoms with van der Waals surface area (Å²) in [5, 5.41) is 11.4. The van der Waals surface area contributed by atoms with Gasteiger partial charge in [-0.1, -0.05) is 0 Å². The molecule has 2 aliphatic heterocycles. The zero-order valence-electron chi connectivity index (χ0n) is 18.1. The van der Waals surface area contributed by atoms with E-state index >= 15 is 0 Å². The zero-order chi connectivity index (χ0) is 22.7. The first kappa shape index (κ1) is 23.1. The topological polar surface area (TPSA) is 77.9 Å². The minimum atomic E-state index is -4.92. The highest BCUT2D eigenvalue weighted by Crippen LogP contribution is 2.34. The normalized spacial score (nSPS) is 25.2. The number of pyridine rings is 1. The summed E-state index contributed by atoms with van der Waals surface area (Å²) in [5.74, 6) is 1.06. The number of nitrogens with zero attached hydrogens (tertiary/aromatic N) is 3. The summed E-state index contributed by atoms with van der Waals surface area (Å²) in [6.07, 6.45) is -0.952. The van der Waals surface area contributed by atoms with Gasteiger partial charge in [0.05, 0.1) is 6.61 Å².